The molecule has 0 bridgehead atoms. The highest BCUT2D eigenvalue weighted by Crippen LogP contribution is 2.24. The van der Waals surface area contributed by atoms with E-state index < -0.39 is 17.2 Å². The van der Waals surface area contributed by atoms with Crippen LogP contribution in [0.15, 0.2) is 53.3 Å². The number of ketones is 1. The number of rotatable bonds is 5. The molecule has 0 radical (unpaired) electrons. The van der Waals surface area contributed by atoms with Crippen LogP contribution in [0.4, 0.5) is 4.39 Å². The van der Waals surface area contributed by atoms with Crippen molar-refractivity contribution >= 4 is 29.0 Å². The quantitative estimate of drug-likeness (QED) is 0.594. The lowest BCUT2D eigenvalue weighted by molar-refractivity contribution is 0.0966. The fourth-order valence-electron chi connectivity index (χ4n) is 2.47. The second-order valence-electron chi connectivity index (χ2n) is 5.61. The smallest absolute Gasteiger partial charge is 0.267 e. The van der Waals surface area contributed by atoms with E-state index in [4.69, 9.17) is 27.9 Å². The summed E-state index contributed by atoms with van der Waals surface area (Å²) >= 11 is 11.9. The third-order valence-corrected chi connectivity index (χ3v) is 4.39. The Hall–Kier alpha value is -2.70. The summed E-state index contributed by atoms with van der Waals surface area (Å²) < 4.78 is 20.2. The maximum absolute atomic E-state index is 14.3. The topological polar surface area (TPSA) is 61.2 Å². The van der Waals surface area contributed by atoms with Gasteiger partial charge in [0.1, 0.15) is 18.1 Å². The first-order valence-electron chi connectivity index (χ1n) is 7.79. The molecular formula is C19H13Cl2FN2O3. The van der Waals surface area contributed by atoms with E-state index in [1.807, 2.05) is 0 Å². The van der Waals surface area contributed by atoms with Gasteiger partial charge in [0.25, 0.3) is 5.56 Å². The molecule has 138 valence electrons. The standard InChI is InChI=1S/C19H13Cl2FN2O3/c1-27-12-3-5-14(16(22)9-12)17-6-7-19(26)24(23-17)10-18(25)13-4-2-11(20)8-15(13)21/h2-9H,10H2,1H3. The van der Waals surface area contributed by atoms with Crippen molar-refractivity contribution in [3.8, 4) is 17.0 Å². The Kier molecular flexibility index (Phi) is 5.58. The number of carbonyl (C=O) groups is 1. The van der Waals surface area contributed by atoms with Gasteiger partial charge in [-0.1, -0.05) is 23.2 Å². The van der Waals surface area contributed by atoms with Gasteiger partial charge in [-0.2, -0.15) is 5.10 Å². The number of methoxy groups -OCH3 is 1. The maximum Gasteiger partial charge on any atom is 0.267 e. The van der Waals surface area contributed by atoms with E-state index >= 15 is 0 Å². The lowest BCUT2D eigenvalue weighted by atomic mass is 10.1. The average molecular weight is 407 g/mol. The zero-order valence-corrected chi connectivity index (χ0v) is 15.6. The van der Waals surface area contributed by atoms with Gasteiger partial charge in [0.2, 0.25) is 0 Å². The highest BCUT2D eigenvalue weighted by Gasteiger charge is 2.15. The molecule has 27 heavy (non-hydrogen) atoms. The molecule has 2 aromatic carbocycles. The first kappa shape index (κ1) is 19.1. The third kappa shape index (κ3) is 4.18. The third-order valence-electron chi connectivity index (χ3n) is 3.84. The molecule has 3 rings (SSSR count). The molecular weight excluding hydrogens is 394 g/mol. The SMILES string of the molecule is COc1ccc(-c2ccc(=O)n(CC(=O)c3ccc(Cl)cc3Cl)n2)c(F)c1. The van der Waals surface area contributed by atoms with Crippen LogP contribution in [-0.4, -0.2) is 22.7 Å². The highest BCUT2D eigenvalue weighted by molar-refractivity contribution is 6.36. The van der Waals surface area contributed by atoms with E-state index in [2.05, 4.69) is 5.10 Å². The Morgan fingerprint density at radius 2 is 1.93 bits per heavy atom. The van der Waals surface area contributed by atoms with Crippen molar-refractivity contribution in [2.75, 3.05) is 7.11 Å². The summed E-state index contributed by atoms with van der Waals surface area (Å²) in [5.41, 5.74) is 0.119. The van der Waals surface area contributed by atoms with Gasteiger partial charge >= 0.3 is 0 Å². The predicted octanol–water partition coefficient (Wildman–Crippen LogP) is 4.25. The van der Waals surface area contributed by atoms with Crippen molar-refractivity contribution in [2.24, 2.45) is 0 Å². The zero-order chi connectivity index (χ0) is 19.6. The molecule has 0 aliphatic rings. The van der Waals surface area contributed by atoms with Crippen LogP contribution >= 0.6 is 23.2 Å². The largest absolute Gasteiger partial charge is 0.497 e. The van der Waals surface area contributed by atoms with Crippen LogP contribution < -0.4 is 10.3 Å². The minimum absolute atomic E-state index is 0.179. The lowest BCUT2D eigenvalue weighted by Crippen LogP contribution is -2.26. The van der Waals surface area contributed by atoms with Crippen LogP contribution in [0.3, 0.4) is 0 Å². The first-order valence-corrected chi connectivity index (χ1v) is 8.55. The Bertz CT molecular complexity index is 1080. The molecule has 0 amide bonds. The highest BCUT2D eigenvalue weighted by atomic mass is 35.5. The number of hydrogen-bond acceptors (Lipinski definition) is 4. The average Bonchev–Trinajstić information content (AvgIpc) is 2.63. The van der Waals surface area contributed by atoms with Gasteiger partial charge in [-0.05, 0) is 36.4 Å². The van der Waals surface area contributed by atoms with E-state index in [9.17, 15) is 14.0 Å². The molecule has 5 nitrogen and oxygen atoms in total. The normalized spacial score (nSPS) is 10.7. The van der Waals surface area contributed by atoms with Gasteiger partial charge < -0.3 is 4.74 Å². The summed E-state index contributed by atoms with van der Waals surface area (Å²) in [4.78, 5) is 24.6. The summed E-state index contributed by atoms with van der Waals surface area (Å²) in [6, 6.07) is 11.3. The molecule has 0 unspecified atom stereocenters. The monoisotopic (exact) mass is 406 g/mol. The zero-order valence-electron chi connectivity index (χ0n) is 14.1. The second-order valence-corrected chi connectivity index (χ2v) is 6.45. The number of benzene rings is 2. The number of hydrogen-bond donors (Lipinski definition) is 0. The van der Waals surface area contributed by atoms with E-state index in [-0.39, 0.29) is 28.4 Å². The molecule has 1 heterocycles. The predicted molar refractivity (Wildman–Crippen MR) is 101 cm³/mol. The molecule has 0 atom stereocenters. The molecule has 0 aliphatic heterocycles. The van der Waals surface area contributed by atoms with Crippen LogP contribution in [0, 0.1) is 5.82 Å². The number of Topliss-reactive ketones (excluding diaryl/α,β-unsaturated/α-hetero) is 1. The number of halogens is 3. The van der Waals surface area contributed by atoms with Crippen LogP contribution in [-0.2, 0) is 6.54 Å². The minimum atomic E-state index is -0.556. The van der Waals surface area contributed by atoms with E-state index in [1.54, 1.807) is 6.07 Å². The molecule has 8 heteroatoms. The summed E-state index contributed by atoms with van der Waals surface area (Å²) in [5.74, 6) is -0.616. The Balaban J connectivity index is 1.94. The summed E-state index contributed by atoms with van der Waals surface area (Å²) in [7, 11) is 1.43. The molecule has 0 N–H and O–H groups in total. The molecule has 0 saturated carbocycles. The van der Waals surface area contributed by atoms with Gasteiger partial charge in [-0.3, -0.25) is 9.59 Å². The van der Waals surface area contributed by atoms with E-state index in [1.165, 1.54) is 49.6 Å². The van der Waals surface area contributed by atoms with Gasteiger partial charge in [0.15, 0.2) is 5.78 Å². The van der Waals surface area contributed by atoms with Crippen molar-refractivity contribution in [3.05, 3.63) is 80.3 Å². The van der Waals surface area contributed by atoms with Crippen molar-refractivity contribution in [1.82, 2.24) is 9.78 Å². The van der Waals surface area contributed by atoms with E-state index in [0.717, 1.165) is 4.68 Å². The molecule has 1 aromatic heterocycles. The molecule has 0 saturated heterocycles. The summed E-state index contributed by atoms with van der Waals surface area (Å²) in [5, 5.41) is 4.68. The number of ether oxygens (including phenoxy) is 1. The summed E-state index contributed by atoms with van der Waals surface area (Å²) in [6.45, 7) is -0.341. The van der Waals surface area contributed by atoms with E-state index in [0.29, 0.717) is 10.8 Å². The fourth-order valence-corrected chi connectivity index (χ4v) is 2.99. The van der Waals surface area contributed by atoms with Crippen molar-refractivity contribution in [1.29, 1.82) is 0 Å². The van der Waals surface area contributed by atoms with Crippen LogP contribution in [0.1, 0.15) is 10.4 Å². The first-order chi connectivity index (χ1) is 12.9. The number of nitrogens with zero attached hydrogens (tertiary/aromatic N) is 2. The van der Waals surface area contributed by atoms with Crippen LogP contribution in [0.2, 0.25) is 10.0 Å². The van der Waals surface area contributed by atoms with Gasteiger partial charge in [0.05, 0.1) is 17.8 Å². The van der Waals surface area contributed by atoms with Gasteiger partial charge in [-0.25, -0.2) is 9.07 Å². The van der Waals surface area contributed by atoms with Gasteiger partial charge in [-0.15, -0.1) is 0 Å². The Morgan fingerprint density at radius 1 is 1.15 bits per heavy atom. The fraction of sp³-hybridized carbons (Fsp3) is 0.105. The molecule has 0 spiro atoms. The molecule has 0 aliphatic carbocycles. The molecule has 0 fully saturated rings. The Labute approximate surface area is 163 Å². The van der Waals surface area contributed by atoms with Crippen molar-refractivity contribution in [3.63, 3.8) is 0 Å². The minimum Gasteiger partial charge on any atom is -0.497 e. The number of aromatic nitrogens is 2. The van der Waals surface area contributed by atoms with Crippen LogP contribution in [0.25, 0.3) is 11.3 Å². The van der Waals surface area contributed by atoms with Crippen molar-refractivity contribution < 1.29 is 13.9 Å². The Morgan fingerprint density at radius 3 is 2.59 bits per heavy atom. The number of carbonyl (C=O) groups excluding carboxylic acids is 1. The lowest BCUT2D eigenvalue weighted by Gasteiger charge is -2.09. The molecule has 3 aromatic rings. The summed E-state index contributed by atoms with van der Waals surface area (Å²) in [6.07, 6.45) is 0. The van der Waals surface area contributed by atoms with Crippen molar-refractivity contribution in [2.45, 2.75) is 6.54 Å². The maximum atomic E-state index is 14.3. The second kappa shape index (κ2) is 7.90. The van der Waals surface area contributed by atoms with Crippen LogP contribution in [0.5, 0.6) is 5.75 Å². The van der Waals surface area contributed by atoms with Gasteiger partial charge in [0, 0.05) is 28.3 Å².